The van der Waals surface area contributed by atoms with Gasteiger partial charge in [0.15, 0.2) is 5.82 Å². The number of nitrogens with zero attached hydrogens (tertiary/aromatic N) is 8. The molecule has 136 valence electrons. The summed E-state index contributed by atoms with van der Waals surface area (Å²) in [7, 11) is 0. The maximum Gasteiger partial charge on any atom is 0.274 e. The van der Waals surface area contributed by atoms with Gasteiger partial charge >= 0.3 is 0 Å². The van der Waals surface area contributed by atoms with Crippen molar-refractivity contribution in [3.8, 4) is 5.82 Å². The molecule has 0 spiro atoms. The lowest BCUT2D eigenvalue weighted by Gasteiger charge is -2.22. The molecule has 2 saturated heterocycles. The van der Waals surface area contributed by atoms with Crippen LogP contribution in [-0.4, -0.2) is 66.7 Å². The van der Waals surface area contributed by atoms with Crippen LogP contribution in [0.15, 0.2) is 49.4 Å². The number of likely N-dealkylation sites (tertiary alicyclic amines) is 1. The van der Waals surface area contributed by atoms with Gasteiger partial charge in [-0.25, -0.2) is 19.6 Å². The van der Waals surface area contributed by atoms with Crippen LogP contribution in [0.2, 0.25) is 0 Å². The van der Waals surface area contributed by atoms with Crippen molar-refractivity contribution in [2.45, 2.75) is 0 Å². The molecule has 5 heterocycles. The molecule has 3 aromatic heterocycles. The number of hydrogen-bond acceptors (Lipinski definition) is 7. The summed E-state index contributed by atoms with van der Waals surface area (Å²) in [5.74, 6) is 2.49. The van der Waals surface area contributed by atoms with Gasteiger partial charge in [0.1, 0.15) is 17.8 Å². The highest BCUT2D eigenvalue weighted by molar-refractivity contribution is 5.92. The fourth-order valence-electron chi connectivity index (χ4n) is 3.96. The molecular weight excluding hydrogens is 344 g/mol. The molecule has 0 N–H and O–H groups in total. The van der Waals surface area contributed by atoms with Gasteiger partial charge in [-0.2, -0.15) is 5.10 Å². The van der Waals surface area contributed by atoms with Gasteiger partial charge in [-0.05, 0) is 6.07 Å². The monoisotopic (exact) mass is 362 g/mol. The molecule has 9 heteroatoms. The summed E-state index contributed by atoms with van der Waals surface area (Å²) in [6.45, 7) is 3.25. The van der Waals surface area contributed by atoms with Crippen molar-refractivity contribution < 1.29 is 4.79 Å². The van der Waals surface area contributed by atoms with Crippen LogP contribution in [0.25, 0.3) is 5.82 Å². The molecule has 1 amide bonds. The molecule has 2 fully saturated rings. The van der Waals surface area contributed by atoms with E-state index in [0.29, 0.717) is 17.5 Å². The molecule has 9 nitrogen and oxygen atoms in total. The topological polar surface area (TPSA) is 92.9 Å². The van der Waals surface area contributed by atoms with Gasteiger partial charge in [-0.15, -0.1) is 0 Å². The molecule has 2 atom stereocenters. The standard InChI is InChI=1S/C18H18N8O/c27-18(15-7-19-3-4-20-15)25-10-13-8-24(9-14(13)11-25)16-6-17(22-12-21-16)26-5-1-2-23-26/h1-7,12-14H,8-11H2. The zero-order valence-electron chi connectivity index (χ0n) is 14.6. The maximum atomic E-state index is 12.6. The second kappa shape index (κ2) is 6.42. The van der Waals surface area contributed by atoms with Gasteiger partial charge in [0, 0.05) is 68.9 Å². The summed E-state index contributed by atoms with van der Waals surface area (Å²) in [6, 6.07) is 3.82. The van der Waals surface area contributed by atoms with Gasteiger partial charge in [0.2, 0.25) is 0 Å². The van der Waals surface area contributed by atoms with Gasteiger partial charge in [0.05, 0.1) is 6.20 Å². The smallest absolute Gasteiger partial charge is 0.274 e. The molecule has 0 aliphatic carbocycles. The Kier molecular flexibility index (Phi) is 3.77. The van der Waals surface area contributed by atoms with Crippen LogP contribution >= 0.6 is 0 Å². The number of carbonyl (C=O) groups is 1. The number of aromatic nitrogens is 6. The van der Waals surface area contributed by atoms with Crippen LogP contribution in [-0.2, 0) is 0 Å². The number of rotatable bonds is 3. The van der Waals surface area contributed by atoms with Gasteiger partial charge in [0.25, 0.3) is 5.91 Å². The third-order valence-electron chi connectivity index (χ3n) is 5.26. The minimum atomic E-state index is -0.0351. The molecule has 3 aromatic rings. The molecule has 0 radical (unpaired) electrons. The molecule has 2 aliphatic heterocycles. The van der Waals surface area contributed by atoms with Crippen molar-refractivity contribution in [3.63, 3.8) is 0 Å². The van der Waals surface area contributed by atoms with Gasteiger partial charge < -0.3 is 9.80 Å². The lowest BCUT2D eigenvalue weighted by Crippen LogP contribution is -2.34. The van der Waals surface area contributed by atoms with E-state index in [4.69, 9.17) is 0 Å². The average Bonchev–Trinajstić information content (AvgIpc) is 3.44. The van der Waals surface area contributed by atoms with Crippen molar-refractivity contribution in [1.29, 1.82) is 0 Å². The summed E-state index contributed by atoms with van der Waals surface area (Å²) < 4.78 is 1.73. The second-order valence-electron chi connectivity index (χ2n) is 6.91. The Hall–Kier alpha value is -3.36. The molecule has 2 unspecified atom stereocenters. The Labute approximate surface area is 155 Å². The third kappa shape index (κ3) is 2.90. The Morgan fingerprint density at radius 3 is 2.48 bits per heavy atom. The lowest BCUT2D eigenvalue weighted by atomic mass is 10.0. The predicted molar refractivity (Wildman–Crippen MR) is 96.3 cm³/mol. The summed E-state index contributed by atoms with van der Waals surface area (Å²) in [5, 5.41) is 4.22. The zero-order chi connectivity index (χ0) is 18.2. The molecule has 5 rings (SSSR count). The van der Waals surface area contributed by atoms with Crippen LogP contribution in [0.5, 0.6) is 0 Å². The van der Waals surface area contributed by atoms with E-state index >= 15 is 0 Å². The SMILES string of the molecule is O=C(c1cnccn1)N1CC2CN(c3cc(-n4cccn4)ncn3)CC2C1. The minimum Gasteiger partial charge on any atom is -0.356 e. The van der Waals surface area contributed by atoms with E-state index in [2.05, 4.69) is 29.9 Å². The van der Waals surface area contributed by atoms with E-state index in [9.17, 15) is 4.79 Å². The number of amides is 1. The van der Waals surface area contributed by atoms with Crippen LogP contribution in [0.3, 0.4) is 0 Å². The summed E-state index contributed by atoms with van der Waals surface area (Å²) in [4.78, 5) is 33.6. The van der Waals surface area contributed by atoms with Crippen molar-refractivity contribution in [2.75, 3.05) is 31.1 Å². The molecule has 0 aromatic carbocycles. The maximum absolute atomic E-state index is 12.6. The highest BCUT2D eigenvalue weighted by atomic mass is 16.2. The number of fused-ring (bicyclic) bond motifs is 1. The Morgan fingerprint density at radius 1 is 0.963 bits per heavy atom. The van der Waals surface area contributed by atoms with Crippen LogP contribution in [0.1, 0.15) is 10.5 Å². The Morgan fingerprint density at radius 2 is 1.78 bits per heavy atom. The van der Waals surface area contributed by atoms with E-state index in [1.807, 2.05) is 23.2 Å². The normalized spacial score (nSPS) is 21.5. The fraction of sp³-hybridized carbons (Fsp3) is 0.333. The van der Waals surface area contributed by atoms with Gasteiger partial charge in [-0.3, -0.25) is 9.78 Å². The second-order valence-corrected chi connectivity index (χ2v) is 6.91. The first-order valence-electron chi connectivity index (χ1n) is 8.90. The first-order valence-corrected chi connectivity index (χ1v) is 8.90. The first-order chi connectivity index (χ1) is 13.3. The van der Waals surface area contributed by atoms with Gasteiger partial charge in [-0.1, -0.05) is 0 Å². The largest absolute Gasteiger partial charge is 0.356 e. The van der Waals surface area contributed by atoms with Crippen LogP contribution < -0.4 is 4.90 Å². The van der Waals surface area contributed by atoms with Crippen molar-refractivity contribution >= 4 is 11.7 Å². The Bertz CT molecular complexity index is 931. The molecular formula is C18H18N8O. The Balaban J connectivity index is 1.28. The summed E-state index contributed by atoms with van der Waals surface area (Å²) in [5.41, 5.74) is 0.411. The van der Waals surface area contributed by atoms with E-state index in [1.54, 1.807) is 29.6 Å². The summed E-state index contributed by atoms with van der Waals surface area (Å²) in [6.07, 6.45) is 9.82. The average molecular weight is 362 g/mol. The molecule has 2 aliphatic rings. The van der Waals surface area contributed by atoms with E-state index in [-0.39, 0.29) is 5.91 Å². The third-order valence-corrected chi connectivity index (χ3v) is 5.26. The van der Waals surface area contributed by atoms with Crippen molar-refractivity contribution in [2.24, 2.45) is 11.8 Å². The van der Waals surface area contributed by atoms with E-state index in [0.717, 1.165) is 37.8 Å². The van der Waals surface area contributed by atoms with Crippen molar-refractivity contribution in [1.82, 2.24) is 34.6 Å². The van der Waals surface area contributed by atoms with E-state index in [1.165, 1.54) is 6.20 Å². The quantitative estimate of drug-likeness (QED) is 0.676. The lowest BCUT2D eigenvalue weighted by molar-refractivity contribution is 0.0776. The predicted octanol–water partition coefficient (Wildman–Crippen LogP) is 0.661. The first kappa shape index (κ1) is 15.9. The molecule has 27 heavy (non-hydrogen) atoms. The fourth-order valence-corrected chi connectivity index (χ4v) is 3.96. The highest BCUT2D eigenvalue weighted by Gasteiger charge is 2.42. The number of anilines is 1. The molecule has 0 saturated carbocycles. The molecule has 0 bridgehead atoms. The highest BCUT2D eigenvalue weighted by Crippen LogP contribution is 2.33. The number of hydrogen-bond donors (Lipinski definition) is 0. The van der Waals surface area contributed by atoms with Crippen LogP contribution in [0, 0.1) is 11.8 Å². The van der Waals surface area contributed by atoms with E-state index < -0.39 is 0 Å². The zero-order valence-corrected chi connectivity index (χ0v) is 14.6. The van der Waals surface area contributed by atoms with Crippen molar-refractivity contribution in [3.05, 3.63) is 55.1 Å². The minimum absolute atomic E-state index is 0.0351. The van der Waals surface area contributed by atoms with Crippen LogP contribution in [0.4, 0.5) is 5.82 Å². The number of carbonyl (C=O) groups excluding carboxylic acids is 1. The summed E-state index contributed by atoms with van der Waals surface area (Å²) >= 11 is 0.